The second-order valence-corrected chi connectivity index (χ2v) is 9.86. The standard InChI is InChI=1S/C21H36O3/c1-13-10-15(22)11-14-4-5-16-17-6-7-19(23)20(17,2)9-8-18(16)21(13,14)12-24-3/h13-19,22-23H,4-12H2,1-3H3/t13-,14+,15+,16+,17+,18+,19+,20+,21+/m1/s1. The molecule has 138 valence electrons. The van der Waals surface area contributed by atoms with Crippen LogP contribution in [0.2, 0.25) is 0 Å². The molecular formula is C21H36O3. The van der Waals surface area contributed by atoms with Crippen molar-refractivity contribution in [2.75, 3.05) is 13.7 Å². The Morgan fingerprint density at radius 3 is 2.54 bits per heavy atom. The van der Waals surface area contributed by atoms with Crippen molar-refractivity contribution in [3.05, 3.63) is 0 Å². The Morgan fingerprint density at radius 2 is 1.79 bits per heavy atom. The van der Waals surface area contributed by atoms with E-state index in [-0.39, 0.29) is 23.0 Å². The predicted octanol–water partition coefficient (Wildman–Crippen LogP) is 3.62. The number of hydrogen-bond donors (Lipinski definition) is 2. The number of ether oxygens (including phenoxy) is 1. The van der Waals surface area contributed by atoms with Gasteiger partial charge in [-0.15, -0.1) is 0 Å². The van der Waals surface area contributed by atoms with Crippen LogP contribution in [0.1, 0.15) is 65.2 Å². The second kappa shape index (κ2) is 5.96. The number of methoxy groups -OCH3 is 1. The van der Waals surface area contributed by atoms with Crippen LogP contribution in [-0.4, -0.2) is 36.1 Å². The summed E-state index contributed by atoms with van der Waals surface area (Å²) < 4.78 is 5.82. The van der Waals surface area contributed by atoms with Gasteiger partial charge in [0.15, 0.2) is 0 Å². The lowest BCUT2D eigenvalue weighted by molar-refractivity contribution is -0.186. The highest BCUT2D eigenvalue weighted by atomic mass is 16.5. The summed E-state index contributed by atoms with van der Waals surface area (Å²) in [5, 5.41) is 21.0. The van der Waals surface area contributed by atoms with Crippen molar-refractivity contribution >= 4 is 0 Å². The van der Waals surface area contributed by atoms with Crippen LogP contribution in [0.5, 0.6) is 0 Å². The fourth-order valence-electron chi connectivity index (χ4n) is 8.07. The highest BCUT2D eigenvalue weighted by Gasteiger charge is 2.63. The van der Waals surface area contributed by atoms with Gasteiger partial charge in [0.05, 0.1) is 18.8 Å². The van der Waals surface area contributed by atoms with Gasteiger partial charge in [-0.25, -0.2) is 0 Å². The van der Waals surface area contributed by atoms with E-state index in [1.807, 2.05) is 7.11 Å². The monoisotopic (exact) mass is 336 g/mol. The van der Waals surface area contributed by atoms with E-state index in [1.54, 1.807) is 0 Å². The van der Waals surface area contributed by atoms with Crippen LogP contribution in [0.3, 0.4) is 0 Å². The Bertz CT molecular complexity index is 480. The first-order chi connectivity index (χ1) is 11.4. The lowest BCUT2D eigenvalue weighted by atomic mass is 9.42. The maximum absolute atomic E-state index is 10.6. The number of fused-ring (bicyclic) bond motifs is 5. The maximum Gasteiger partial charge on any atom is 0.0596 e. The minimum atomic E-state index is -0.117. The third-order valence-corrected chi connectivity index (χ3v) is 9.18. The molecule has 9 atom stereocenters. The van der Waals surface area contributed by atoms with Crippen molar-refractivity contribution in [3.63, 3.8) is 0 Å². The molecule has 24 heavy (non-hydrogen) atoms. The molecule has 4 rings (SSSR count). The third-order valence-electron chi connectivity index (χ3n) is 9.18. The summed E-state index contributed by atoms with van der Waals surface area (Å²) in [6, 6.07) is 0. The first-order valence-corrected chi connectivity index (χ1v) is 10.3. The van der Waals surface area contributed by atoms with Crippen molar-refractivity contribution in [1.29, 1.82) is 0 Å². The van der Waals surface area contributed by atoms with Crippen molar-refractivity contribution < 1.29 is 14.9 Å². The Hall–Kier alpha value is -0.120. The first-order valence-electron chi connectivity index (χ1n) is 10.3. The fraction of sp³-hybridized carbons (Fsp3) is 1.00. The number of hydrogen-bond acceptors (Lipinski definition) is 3. The Labute approximate surface area is 147 Å². The predicted molar refractivity (Wildman–Crippen MR) is 94.5 cm³/mol. The Morgan fingerprint density at radius 1 is 1.00 bits per heavy atom. The Balaban J connectivity index is 1.69. The molecule has 0 unspecified atom stereocenters. The van der Waals surface area contributed by atoms with E-state index < -0.39 is 0 Å². The molecule has 4 saturated carbocycles. The zero-order chi connectivity index (χ0) is 17.1. The SMILES string of the molecule is COC[C@]12[C@@H](CC[C@H]3[C@@H]4CC[C@H](O)[C@@]4(C)CC[C@@H]31)C[C@@H](O)C[C@H]2C. The minimum absolute atomic E-state index is 0.0925. The molecule has 0 aromatic rings. The van der Waals surface area contributed by atoms with Crippen LogP contribution >= 0.6 is 0 Å². The highest BCUT2D eigenvalue weighted by Crippen LogP contribution is 2.67. The van der Waals surface area contributed by atoms with Crippen molar-refractivity contribution in [1.82, 2.24) is 0 Å². The van der Waals surface area contributed by atoms with Gasteiger partial charge in [0.2, 0.25) is 0 Å². The van der Waals surface area contributed by atoms with Crippen LogP contribution in [0.15, 0.2) is 0 Å². The molecule has 0 heterocycles. The lowest BCUT2D eigenvalue weighted by Gasteiger charge is -2.63. The van der Waals surface area contributed by atoms with Gasteiger partial charge < -0.3 is 14.9 Å². The summed E-state index contributed by atoms with van der Waals surface area (Å²) in [4.78, 5) is 0. The molecule has 2 N–H and O–H groups in total. The average Bonchev–Trinajstić information content (AvgIpc) is 2.84. The number of rotatable bonds is 2. The molecule has 0 bridgehead atoms. The molecule has 4 aliphatic carbocycles. The summed E-state index contributed by atoms with van der Waals surface area (Å²) in [6.45, 7) is 5.58. The molecule has 0 aromatic heterocycles. The van der Waals surface area contributed by atoms with Gasteiger partial charge in [-0.2, -0.15) is 0 Å². The van der Waals surface area contributed by atoms with E-state index in [1.165, 1.54) is 32.1 Å². The van der Waals surface area contributed by atoms with E-state index in [0.29, 0.717) is 17.8 Å². The number of aliphatic hydroxyl groups is 2. The molecular weight excluding hydrogens is 300 g/mol. The highest BCUT2D eigenvalue weighted by molar-refractivity contribution is 5.11. The van der Waals surface area contributed by atoms with Gasteiger partial charge in [0, 0.05) is 12.5 Å². The summed E-state index contributed by atoms with van der Waals surface area (Å²) in [6.07, 6.45) is 8.88. The van der Waals surface area contributed by atoms with E-state index in [0.717, 1.165) is 37.7 Å². The largest absolute Gasteiger partial charge is 0.393 e. The molecule has 0 amide bonds. The molecule has 0 radical (unpaired) electrons. The third kappa shape index (κ3) is 2.20. The molecule has 0 spiro atoms. The van der Waals surface area contributed by atoms with Crippen LogP contribution in [0.4, 0.5) is 0 Å². The van der Waals surface area contributed by atoms with Crippen molar-refractivity contribution in [2.24, 2.45) is 40.4 Å². The van der Waals surface area contributed by atoms with Crippen LogP contribution < -0.4 is 0 Å². The van der Waals surface area contributed by atoms with E-state index in [2.05, 4.69) is 13.8 Å². The summed E-state index contributed by atoms with van der Waals surface area (Å²) >= 11 is 0. The Kier molecular flexibility index (Phi) is 4.29. The van der Waals surface area contributed by atoms with E-state index >= 15 is 0 Å². The summed E-state index contributed by atoms with van der Waals surface area (Å²) in [7, 11) is 1.86. The van der Waals surface area contributed by atoms with Gasteiger partial charge in [-0.1, -0.05) is 13.8 Å². The molecule has 4 aliphatic rings. The second-order valence-electron chi connectivity index (χ2n) is 9.86. The zero-order valence-electron chi connectivity index (χ0n) is 15.7. The average molecular weight is 337 g/mol. The van der Waals surface area contributed by atoms with Crippen LogP contribution in [0.25, 0.3) is 0 Å². The van der Waals surface area contributed by atoms with Gasteiger partial charge in [-0.3, -0.25) is 0 Å². The number of aliphatic hydroxyl groups excluding tert-OH is 2. The zero-order valence-corrected chi connectivity index (χ0v) is 15.7. The van der Waals surface area contributed by atoms with E-state index in [9.17, 15) is 10.2 Å². The molecule has 0 saturated heterocycles. The summed E-state index contributed by atoms with van der Waals surface area (Å²) in [5.41, 5.74) is 0.408. The molecule has 4 fully saturated rings. The van der Waals surface area contributed by atoms with Gasteiger partial charge in [-0.05, 0) is 86.4 Å². The quantitative estimate of drug-likeness (QED) is 0.810. The van der Waals surface area contributed by atoms with Crippen molar-refractivity contribution in [2.45, 2.75) is 77.4 Å². The maximum atomic E-state index is 10.6. The van der Waals surface area contributed by atoms with Gasteiger partial charge in [0.25, 0.3) is 0 Å². The van der Waals surface area contributed by atoms with E-state index in [4.69, 9.17) is 4.74 Å². The molecule has 3 nitrogen and oxygen atoms in total. The lowest BCUT2D eigenvalue weighted by Crippen LogP contribution is -2.60. The molecule has 0 aliphatic heterocycles. The first kappa shape index (κ1) is 17.3. The van der Waals surface area contributed by atoms with Gasteiger partial charge in [0.1, 0.15) is 0 Å². The normalized spacial score (nSPS) is 57.1. The minimum Gasteiger partial charge on any atom is -0.393 e. The van der Waals surface area contributed by atoms with Crippen LogP contribution in [0, 0.1) is 40.4 Å². The summed E-state index contributed by atoms with van der Waals surface area (Å²) in [5.74, 6) is 3.33. The topological polar surface area (TPSA) is 49.7 Å². The van der Waals surface area contributed by atoms with Crippen molar-refractivity contribution in [3.8, 4) is 0 Å². The van der Waals surface area contributed by atoms with Gasteiger partial charge >= 0.3 is 0 Å². The van der Waals surface area contributed by atoms with Crippen LogP contribution in [-0.2, 0) is 4.74 Å². The molecule has 0 aromatic carbocycles. The smallest absolute Gasteiger partial charge is 0.0596 e. The molecule has 3 heteroatoms. The fourth-order valence-corrected chi connectivity index (χ4v) is 8.07.